The maximum Gasteiger partial charge on any atom is 0.0670 e. The van der Waals surface area contributed by atoms with Gasteiger partial charge in [-0.15, -0.1) is 0 Å². The second-order valence-corrected chi connectivity index (χ2v) is 5.38. The number of hydrogen-bond donors (Lipinski definition) is 1. The molecule has 0 aliphatic carbocycles. The monoisotopic (exact) mass is 274 g/mol. The van der Waals surface area contributed by atoms with Crippen molar-refractivity contribution in [2.24, 2.45) is 0 Å². The van der Waals surface area contributed by atoms with E-state index >= 15 is 0 Å². The summed E-state index contributed by atoms with van der Waals surface area (Å²) in [5.41, 5.74) is 1.18. The van der Waals surface area contributed by atoms with Crippen LogP contribution in [0.15, 0.2) is 28.7 Å². The summed E-state index contributed by atoms with van der Waals surface area (Å²) in [5, 5.41) is 9.69. The van der Waals surface area contributed by atoms with Crippen LogP contribution in [0.2, 0.25) is 0 Å². The van der Waals surface area contributed by atoms with E-state index in [9.17, 15) is 5.11 Å². The number of aliphatic hydroxyl groups excluding tert-OH is 1. The average molecular weight is 275 g/mol. The molecular formula is C11H15BrOS. The standard InChI is InChI=1S/C11H15BrOS/c1-2-14-8-11(13)7-9-4-3-5-10(12)6-9/h3-6,11,13H,2,7-8H2,1H3. The van der Waals surface area contributed by atoms with Gasteiger partial charge in [-0.3, -0.25) is 0 Å². The molecule has 3 heteroatoms. The molecule has 0 saturated heterocycles. The molecule has 0 spiro atoms. The van der Waals surface area contributed by atoms with Crippen molar-refractivity contribution in [1.82, 2.24) is 0 Å². The minimum Gasteiger partial charge on any atom is -0.392 e. The minimum absolute atomic E-state index is 0.228. The summed E-state index contributed by atoms with van der Waals surface area (Å²) in [6.07, 6.45) is 0.515. The van der Waals surface area contributed by atoms with Crippen molar-refractivity contribution in [2.75, 3.05) is 11.5 Å². The first kappa shape index (κ1) is 12.1. The van der Waals surface area contributed by atoms with Crippen molar-refractivity contribution in [2.45, 2.75) is 19.4 Å². The highest BCUT2D eigenvalue weighted by molar-refractivity contribution is 9.10. The third-order valence-electron chi connectivity index (χ3n) is 1.87. The maximum absolute atomic E-state index is 9.69. The van der Waals surface area contributed by atoms with Gasteiger partial charge in [0, 0.05) is 10.2 Å². The van der Waals surface area contributed by atoms with E-state index in [2.05, 4.69) is 28.9 Å². The first-order valence-corrected chi connectivity index (χ1v) is 6.67. The summed E-state index contributed by atoms with van der Waals surface area (Å²) >= 11 is 5.20. The van der Waals surface area contributed by atoms with Gasteiger partial charge in [0.05, 0.1) is 6.10 Å². The number of aliphatic hydroxyl groups is 1. The molecule has 0 saturated carbocycles. The highest BCUT2D eigenvalue weighted by atomic mass is 79.9. The second-order valence-electron chi connectivity index (χ2n) is 3.15. The topological polar surface area (TPSA) is 20.2 Å². The van der Waals surface area contributed by atoms with Crippen LogP contribution in [0.4, 0.5) is 0 Å². The molecule has 1 atom stereocenters. The van der Waals surface area contributed by atoms with Crippen LogP contribution < -0.4 is 0 Å². The molecule has 1 N–H and O–H groups in total. The molecule has 1 rings (SSSR count). The molecular weight excluding hydrogens is 260 g/mol. The highest BCUT2D eigenvalue weighted by Crippen LogP contribution is 2.14. The summed E-state index contributed by atoms with van der Waals surface area (Å²) in [4.78, 5) is 0. The Hall–Kier alpha value is 0.01000. The van der Waals surface area contributed by atoms with Crippen molar-refractivity contribution in [3.8, 4) is 0 Å². The molecule has 1 unspecified atom stereocenters. The normalized spacial score (nSPS) is 12.8. The predicted octanol–water partition coefficient (Wildman–Crippen LogP) is 3.11. The van der Waals surface area contributed by atoms with Gasteiger partial charge in [0.25, 0.3) is 0 Å². The number of halogens is 1. The smallest absolute Gasteiger partial charge is 0.0670 e. The van der Waals surface area contributed by atoms with Gasteiger partial charge in [-0.05, 0) is 29.9 Å². The Morgan fingerprint density at radius 3 is 2.93 bits per heavy atom. The van der Waals surface area contributed by atoms with Crippen LogP contribution in [-0.4, -0.2) is 22.7 Å². The largest absolute Gasteiger partial charge is 0.392 e. The Balaban J connectivity index is 2.43. The highest BCUT2D eigenvalue weighted by Gasteiger charge is 2.05. The lowest BCUT2D eigenvalue weighted by Gasteiger charge is -2.09. The Labute approximate surface area is 98.0 Å². The maximum atomic E-state index is 9.69. The van der Waals surface area contributed by atoms with E-state index in [0.717, 1.165) is 22.4 Å². The summed E-state index contributed by atoms with van der Waals surface area (Å²) in [5.74, 6) is 1.89. The van der Waals surface area contributed by atoms with E-state index < -0.39 is 0 Å². The van der Waals surface area contributed by atoms with Crippen LogP contribution in [0.5, 0.6) is 0 Å². The molecule has 0 bridgehead atoms. The second kappa shape index (κ2) is 6.49. The van der Waals surface area contributed by atoms with Gasteiger partial charge in [0.2, 0.25) is 0 Å². The molecule has 1 aromatic rings. The fourth-order valence-electron chi connectivity index (χ4n) is 1.25. The molecule has 0 aromatic heterocycles. The summed E-state index contributed by atoms with van der Waals surface area (Å²) in [6.45, 7) is 2.11. The Morgan fingerprint density at radius 2 is 2.29 bits per heavy atom. The molecule has 1 nitrogen and oxygen atoms in total. The summed E-state index contributed by atoms with van der Waals surface area (Å²) < 4.78 is 1.07. The van der Waals surface area contributed by atoms with Crippen LogP contribution in [0.25, 0.3) is 0 Å². The van der Waals surface area contributed by atoms with Crippen molar-refractivity contribution in [3.63, 3.8) is 0 Å². The van der Waals surface area contributed by atoms with Crippen LogP contribution >= 0.6 is 27.7 Å². The Morgan fingerprint density at radius 1 is 1.50 bits per heavy atom. The molecule has 0 aliphatic rings. The lowest BCUT2D eigenvalue weighted by atomic mass is 10.1. The average Bonchev–Trinajstić information content (AvgIpc) is 2.15. The minimum atomic E-state index is -0.228. The lowest BCUT2D eigenvalue weighted by Crippen LogP contribution is -2.13. The zero-order valence-electron chi connectivity index (χ0n) is 8.24. The van der Waals surface area contributed by atoms with Gasteiger partial charge in [0.1, 0.15) is 0 Å². The molecule has 0 aliphatic heterocycles. The molecule has 0 radical (unpaired) electrons. The number of thioether (sulfide) groups is 1. The quantitative estimate of drug-likeness (QED) is 0.891. The third kappa shape index (κ3) is 4.49. The van der Waals surface area contributed by atoms with Crippen LogP contribution in [-0.2, 0) is 6.42 Å². The van der Waals surface area contributed by atoms with Gasteiger partial charge in [-0.25, -0.2) is 0 Å². The number of hydrogen-bond acceptors (Lipinski definition) is 2. The fraction of sp³-hybridized carbons (Fsp3) is 0.455. The zero-order chi connectivity index (χ0) is 10.4. The SMILES string of the molecule is CCSCC(O)Cc1cccc(Br)c1. The third-order valence-corrected chi connectivity index (χ3v) is 3.40. The van der Waals surface area contributed by atoms with E-state index in [1.54, 1.807) is 11.8 Å². The molecule has 0 amide bonds. The number of rotatable bonds is 5. The predicted molar refractivity (Wildman–Crippen MR) is 66.9 cm³/mol. The zero-order valence-corrected chi connectivity index (χ0v) is 10.6. The van der Waals surface area contributed by atoms with Crippen LogP contribution in [0.1, 0.15) is 12.5 Å². The molecule has 78 valence electrons. The van der Waals surface area contributed by atoms with E-state index in [0.29, 0.717) is 0 Å². The Bertz CT molecular complexity index is 278. The van der Waals surface area contributed by atoms with E-state index in [-0.39, 0.29) is 6.10 Å². The van der Waals surface area contributed by atoms with E-state index in [1.807, 2.05) is 18.2 Å². The first-order valence-electron chi connectivity index (χ1n) is 4.72. The molecule has 0 fully saturated rings. The van der Waals surface area contributed by atoms with Crippen molar-refractivity contribution in [1.29, 1.82) is 0 Å². The summed E-state index contributed by atoms with van der Waals surface area (Å²) in [6, 6.07) is 8.10. The lowest BCUT2D eigenvalue weighted by molar-refractivity contribution is 0.200. The number of benzene rings is 1. The molecule has 1 aromatic carbocycles. The van der Waals surface area contributed by atoms with Crippen molar-refractivity contribution < 1.29 is 5.11 Å². The van der Waals surface area contributed by atoms with Gasteiger partial charge in [0.15, 0.2) is 0 Å². The van der Waals surface area contributed by atoms with Crippen LogP contribution in [0.3, 0.4) is 0 Å². The first-order chi connectivity index (χ1) is 6.72. The van der Waals surface area contributed by atoms with Gasteiger partial charge in [-0.1, -0.05) is 35.0 Å². The van der Waals surface area contributed by atoms with Crippen molar-refractivity contribution in [3.05, 3.63) is 34.3 Å². The van der Waals surface area contributed by atoms with Gasteiger partial charge >= 0.3 is 0 Å². The molecule has 0 heterocycles. The molecule has 14 heavy (non-hydrogen) atoms. The fourth-order valence-corrected chi connectivity index (χ4v) is 2.32. The summed E-state index contributed by atoms with van der Waals surface area (Å²) in [7, 11) is 0. The van der Waals surface area contributed by atoms with Crippen molar-refractivity contribution >= 4 is 27.7 Å². The van der Waals surface area contributed by atoms with E-state index in [1.165, 1.54) is 5.56 Å². The van der Waals surface area contributed by atoms with Gasteiger partial charge < -0.3 is 5.11 Å². The van der Waals surface area contributed by atoms with Crippen LogP contribution in [0, 0.1) is 0 Å². The Kier molecular flexibility index (Phi) is 5.60. The van der Waals surface area contributed by atoms with Gasteiger partial charge in [-0.2, -0.15) is 11.8 Å². The van der Waals surface area contributed by atoms with E-state index in [4.69, 9.17) is 0 Å².